The van der Waals surface area contributed by atoms with Crippen LogP contribution in [0.15, 0.2) is 49.1 Å². The standard InChI is InChI=1S/C21H26N6O/c1-2-6-18(7-3-1)20-15-28-14-19-13-25(9-10-26(19)20)8-4-5-17-11-22-21-23-16-24-27(21)12-17/h1-3,6-7,11-12,16,19-20H,4-5,8-10,13-15H2/t19-,20-/m1/s1. The molecule has 0 radical (unpaired) electrons. The largest absolute Gasteiger partial charge is 0.378 e. The number of fused-ring (bicyclic) bond motifs is 2. The molecule has 7 heteroatoms. The van der Waals surface area contributed by atoms with Crippen molar-refractivity contribution >= 4 is 5.78 Å². The van der Waals surface area contributed by atoms with Gasteiger partial charge in [0.1, 0.15) is 6.33 Å². The van der Waals surface area contributed by atoms with E-state index >= 15 is 0 Å². The van der Waals surface area contributed by atoms with Crippen molar-refractivity contribution in [2.24, 2.45) is 0 Å². The smallest absolute Gasteiger partial charge is 0.252 e. The SMILES string of the molecule is c1ccc([C@H]2COC[C@H]3CN(CCCc4cnc5ncnn5c4)CCN32)cc1. The van der Waals surface area contributed by atoms with Gasteiger partial charge in [-0.15, -0.1) is 0 Å². The monoisotopic (exact) mass is 378 g/mol. The number of rotatable bonds is 5. The number of aryl methyl sites for hydroxylation is 1. The topological polar surface area (TPSA) is 58.8 Å². The summed E-state index contributed by atoms with van der Waals surface area (Å²) in [6.45, 7) is 6.07. The van der Waals surface area contributed by atoms with Crippen LogP contribution in [0.4, 0.5) is 0 Å². The number of hydrogen-bond donors (Lipinski definition) is 0. The molecule has 2 saturated heterocycles. The number of ether oxygens (including phenoxy) is 1. The lowest BCUT2D eigenvalue weighted by atomic mass is 10.00. The third-order valence-electron chi connectivity index (χ3n) is 5.91. The molecule has 2 aromatic heterocycles. The van der Waals surface area contributed by atoms with E-state index in [9.17, 15) is 0 Å². The highest BCUT2D eigenvalue weighted by atomic mass is 16.5. The lowest BCUT2D eigenvalue weighted by molar-refractivity contribution is -0.0823. The van der Waals surface area contributed by atoms with Crippen LogP contribution >= 0.6 is 0 Å². The fourth-order valence-electron chi connectivity index (χ4n) is 4.46. The van der Waals surface area contributed by atoms with Crippen molar-refractivity contribution in [2.45, 2.75) is 24.9 Å². The zero-order chi connectivity index (χ0) is 18.8. The first kappa shape index (κ1) is 17.7. The van der Waals surface area contributed by atoms with Crippen LogP contribution in [0, 0.1) is 0 Å². The molecule has 0 spiro atoms. The molecule has 5 rings (SSSR count). The van der Waals surface area contributed by atoms with E-state index in [1.165, 1.54) is 11.1 Å². The minimum absolute atomic E-state index is 0.391. The summed E-state index contributed by atoms with van der Waals surface area (Å²) < 4.78 is 7.72. The highest BCUT2D eigenvalue weighted by Crippen LogP contribution is 2.29. The second-order valence-corrected chi connectivity index (χ2v) is 7.73. The molecule has 0 amide bonds. The summed E-state index contributed by atoms with van der Waals surface area (Å²) in [5.41, 5.74) is 2.58. The molecule has 2 aliphatic rings. The molecule has 4 heterocycles. The van der Waals surface area contributed by atoms with Crippen molar-refractivity contribution in [3.8, 4) is 0 Å². The van der Waals surface area contributed by atoms with Gasteiger partial charge in [0.2, 0.25) is 0 Å². The molecule has 28 heavy (non-hydrogen) atoms. The number of aromatic nitrogens is 4. The van der Waals surface area contributed by atoms with Gasteiger partial charge in [0.15, 0.2) is 0 Å². The van der Waals surface area contributed by atoms with E-state index in [0.29, 0.717) is 17.9 Å². The van der Waals surface area contributed by atoms with E-state index in [2.05, 4.69) is 55.2 Å². The van der Waals surface area contributed by atoms with Crippen LogP contribution < -0.4 is 0 Å². The summed E-state index contributed by atoms with van der Waals surface area (Å²) in [5, 5.41) is 4.17. The molecule has 3 aromatic rings. The Balaban J connectivity index is 1.16. The van der Waals surface area contributed by atoms with Gasteiger partial charge in [0, 0.05) is 38.1 Å². The second kappa shape index (κ2) is 7.95. The van der Waals surface area contributed by atoms with Crippen LogP contribution in [0.25, 0.3) is 5.78 Å². The van der Waals surface area contributed by atoms with Crippen LogP contribution in [0.5, 0.6) is 0 Å². The summed E-state index contributed by atoms with van der Waals surface area (Å²) in [6.07, 6.45) is 7.63. The molecule has 1 aromatic carbocycles. The van der Waals surface area contributed by atoms with Gasteiger partial charge >= 0.3 is 0 Å². The molecule has 2 atom stereocenters. The summed E-state index contributed by atoms with van der Waals surface area (Å²) in [6, 6.07) is 11.7. The van der Waals surface area contributed by atoms with E-state index in [1.807, 2.05) is 12.4 Å². The van der Waals surface area contributed by atoms with Gasteiger partial charge in [-0.2, -0.15) is 10.1 Å². The first-order chi connectivity index (χ1) is 13.9. The molecule has 146 valence electrons. The normalized spacial score (nSPS) is 23.7. The van der Waals surface area contributed by atoms with Gasteiger partial charge in [-0.05, 0) is 30.5 Å². The molecular formula is C21H26N6O. The summed E-state index contributed by atoms with van der Waals surface area (Å²) in [7, 11) is 0. The second-order valence-electron chi connectivity index (χ2n) is 7.73. The molecule has 2 fully saturated rings. The van der Waals surface area contributed by atoms with E-state index < -0.39 is 0 Å². The Morgan fingerprint density at radius 3 is 2.93 bits per heavy atom. The molecule has 0 saturated carbocycles. The summed E-state index contributed by atoms with van der Waals surface area (Å²) >= 11 is 0. The molecule has 2 aliphatic heterocycles. The quantitative estimate of drug-likeness (QED) is 0.675. The first-order valence-corrected chi connectivity index (χ1v) is 10.1. The van der Waals surface area contributed by atoms with Crippen LogP contribution in [0.3, 0.4) is 0 Å². The minimum atomic E-state index is 0.391. The van der Waals surface area contributed by atoms with Crippen molar-refractivity contribution in [1.82, 2.24) is 29.4 Å². The van der Waals surface area contributed by atoms with Gasteiger partial charge < -0.3 is 9.64 Å². The lowest BCUT2D eigenvalue weighted by Crippen LogP contribution is -2.59. The zero-order valence-electron chi connectivity index (χ0n) is 16.0. The Morgan fingerprint density at radius 2 is 2.00 bits per heavy atom. The average molecular weight is 378 g/mol. The molecule has 0 aliphatic carbocycles. The van der Waals surface area contributed by atoms with E-state index in [0.717, 1.165) is 52.2 Å². The van der Waals surface area contributed by atoms with E-state index in [1.54, 1.807) is 10.8 Å². The van der Waals surface area contributed by atoms with Crippen molar-refractivity contribution in [3.05, 3.63) is 60.2 Å². The molecule has 7 nitrogen and oxygen atoms in total. The van der Waals surface area contributed by atoms with Crippen molar-refractivity contribution < 1.29 is 4.74 Å². The summed E-state index contributed by atoms with van der Waals surface area (Å²) in [5.74, 6) is 0.658. The van der Waals surface area contributed by atoms with Gasteiger partial charge in [-0.3, -0.25) is 4.90 Å². The third kappa shape index (κ3) is 3.65. The maximum atomic E-state index is 5.97. The van der Waals surface area contributed by atoms with Gasteiger partial charge in [-0.25, -0.2) is 9.50 Å². The van der Waals surface area contributed by atoms with Crippen LogP contribution in [-0.2, 0) is 11.2 Å². The van der Waals surface area contributed by atoms with Crippen molar-refractivity contribution in [2.75, 3.05) is 39.4 Å². The predicted octanol–water partition coefficient (Wildman–Crippen LogP) is 1.81. The van der Waals surface area contributed by atoms with Gasteiger partial charge in [-0.1, -0.05) is 30.3 Å². The average Bonchev–Trinajstić information content (AvgIpc) is 3.22. The molecule has 0 N–H and O–H groups in total. The van der Waals surface area contributed by atoms with Crippen LogP contribution in [-0.4, -0.2) is 74.8 Å². The minimum Gasteiger partial charge on any atom is -0.378 e. The Kier molecular flexibility index (Phi) is 5.03. The van der Waals surface area contributed by atoms with Crippen LogP contribution in [0.2, 0.25) is 0 Å². The summed E-state index contributed by atoms with van der Waals surface area (Å²) in [4.78, 5) is 13.7. The maximum absolute atomic E-state index is 5.97. The lowest BCUT2D eigenvalue weighted by Gasteiger charge is -2.48. The predicted molar refractivity (Wildman–Crippen MR) is 106 cm³/mol. The zero-order valence-corrected chi connectivity index (χ0v) is 16.0. The Morgan fingerprint density at radius 1 is 1.07 bits per heavy atom. The van der Waals surface area contributed by atoms with Gasteiger partial charge in [0.05, 0.1) is 19.3 Å². The Hall–Kier alpha value is -2.35. The number of piperazine rings is 1. The molecular weight excluding hydrogens is 352 g/mol. The van der Waals surface area contributed by atoms with Crippen molar-refractivity contribution in [3.63, 3.8) is 0 Å². The first-order valence-electron chi connectivity index (χ1n) is 10.1. The fraction of sp³-hybridized carbons (Fsp3) is 0.476. The number of benzene rings is 1. The Labute approximate surface area is 165 Å². The Bertz CT molecular complexity index is 913. The molecule has 0 unspecified atom stereocenters. The fourth-order valence-corrected chi connectivity index (χ4v) is 4.46. The number of hydrogen-bond acceptors (Lipinski definition) is 6. The molecule has 0 bridgehead atoms. The van der Waals surface area contributed by atoms with E-state index in [4.69, 9.17) is 4.74 Å². The van der Waals surface area contributed by atoms with Crippen molar-refractivity contribution in [1.29, 1.82) is 0 Å². The highest BCUT2D eigenvalue weighted by molar-refractivity contribution is 5.25. The third-order valence-corrected chi connectivity index (χ3v) is 5.91. The number of morpholine rings is 1. The van der Waals surface area contributed by atoms with Gasteiger partial charge in [0.25, 0.3) is 5.78 Å². The highest BCUT2D eigenvalue weighted by Gasteiger charge is 2.36. The maximum Gasteiger partial charge on any atom is 0.252 e. The number of nitrogens with zero attached hydrogens (tertiary/aromatic N) is 6. The van der Waals surface area contributed by atoms with Crippen LogP contribution in [0.1, 0.15) is 23.6 Å². The van der Waals surface area contributed by atoms with E-state index in [-0.39, 0.29) is 0 Å².